The Balaban J connectivity index is 1.43. The maximum atomic E-state index is 12.3. The quantitative estimate of drug-likeness (QED) is 0.365. The molecule has 3 rings (SSSR count). The maximum Gasteiger partial charge on any atom is 0.387 e. The van der Waals surface area contributed by atoms with Crippen LogP contribution in [0, 0.1) is 11.8 Å². The Labute approximate surface area is 174 Å². The molecule has 29 heavy (non-hydrogen) atoms. The molecule has 1 aliphatic rings. The lowest BCUT2D eigenvalue weighted by molar-refractivity contribution is -0.0498. The highest BCUT2D eigenvalue weighted by molar-refractivity contribution is 5.64. The molecular formula is C26H34F2O. The van der Waals surface area contributed by atoms with Crippen LogP contribution in [-0.4, -0.2) is 6.61 Å². The first-order valence-electron chi connectivity index (χ1n) is 11.3. The zero-order chi connectivity index (χ0) is 20.5. The Bertz CT molecular complexity index is 700. The third-order valence-electron chi connectivity index (χ3n) is 6.39. The highest BCUT2D eigenvalue weighted by atomic mass is 19.3. The first-order valence-corrected chi connectivity index (χ1v) is 11.3. The average molecular weight is 401 g/mol. The largest absolute Gasteiger partial charge is 0.435 e. The molecule has 158 valence electrons. The van der Waals surface area contributed by atoms with Gasteiger partial charge in [-0.2, -0.15) is 8.78 Å². The van der Waals surface area contributed by atoms with Gasteiger partial charge >= 0.3 is 6.61 Å². The zero-order valence-corrected chi connectivity index (χ0v) is 17.6. The molecule has 1 nitrogen and oxygen atoms in total. The summed E-state index contributed by atoms with van der Waals surface area (Å²) in [4.78, 5) is 0. The first-order chi connectivity index (χ1) is 14.1. The van der Waals surface area contributed by atoms with Crippen molar-refractivity contribution in [3.63, 3.8) is 0 Å². The third kappa shape index (κ3) is 7.13. The van der Waals surface area contributed by atoms with Gasteiger partial charge in [0.1, 0.15) is 5.75 Å². The van der Waals surface area contributed by atoms with Gasteiger partial charge in [0, 0.05) is 0 Å². The van der Waals surface area contributed by atoms with E-state index in [2.05, 4.69) is 35.9 Å². The van der Waals surface area contributed by atoms with E-state index in [1.807, 2.05) is 12.1 Å². The van der Waals surface area contributed by atoms with Gasteiger partial charge in [0.25, 0.3) is 0 Å². The number of ether oxygens (including phenoxy) is 1. The van der Waals surface area contributed by atoms with Gasteiger partial charge in [-0.3, -0.25) is 0 Å². The lowest BCUT2D eigenvalue weighted by Gasteiger charge is -2.28. The van der Waals surface area contributed by atoms with Crippen LogP contribution in [0.2, 0.25) is 0 Å². The summed E-state index contributed by atoms with van der Waals surface area (Å²) >= 11 is 0. The van der Waals surface area contributed by atoms with Crippen molar-refractivity contribution >= 4 is 0 Å². The van der Waals surface area contributed by atoms with Crippen molar-refractivity contribution in [2.24, 2.45) is 11.8 Å². The number of hydrogen-bond donors (Lipinski definition) is 0. The molecular weight excluding hydrogens is 366 g/mol. The molecule has 0 bridgehead atoms. The molecule has 3 heteroatoms. The van der Waals surface area contributed by atoms with E-state index in [0.717, 1.165) is 29.4 Å². The SMILES string of the molecule is CCCCCC1CCC(CCc2ccc(-c3ccc(OC(F)F)cc3)cc2)CC1. The second-order valence-electron chi connectivity index (χ2n) is 8.52. The maximum absolute atomic E-state index is 12.3. The molecule has 0 amide bonds. The molecule has 0 saturated heterocycles. The number of unbranched alkanes of at least 4 members (excludes halogenated alkanes) is 2. The van der Waals surface area contributed by atoms with Crippen molar-refractivity contribution < 1.29 is 13.5 Å². The van der Waals surface area contributed by atoms with Crippen LogP contribution in [0.15, 0.2) is 48.5 Å². The summed E-state index contributed by atoms with van der Waals surface area (Å²) in [7, 11) is 0. The summed E-state index contributed by atoms with van der Waals surface area (Å²) in [6.07, 6.45) is 13.7. The van der Waals surface area contributed by atoms with Crippen molar-refractivity contribution in [3.05, 3.63) is 54.1 Å². The standard InChI is InChI=1S/C26H34F2O/c1-2-3-4-5-20-6-8-21(9-7-20)10-11-22-12-14-23(15-13-22)24-16-18-25(19-17-24)29-26(27)28/h12-21,26H,2-11H2,1H3. The predicted octanol–water partition coefficient (Wildman–Crippen LogP) is 8.27. The fourth-order valence-electron chi connectivity index (χ4n) is 4.56. The summed E-state index contributed by atoms with van der Waals surface area (Å²) in [6.45, 7) is -0.499. The average Bonchev–Trinajstić information content (AvgIpc) is 2.74. The first kappa shape index (κ1) is 21.8. The van der Waals surface area contributed by atoms with Crippen molar-refractivity contribution in [2.45, 2.75) is 77.7 Å². The van der Waals surface area contributed by atoms with Gasteiger partial charge in [-0.15, -0.1) is 0 Å². The zero-order valence-electron chi connectivity index (χ0n) is 17.6. The smallest absolute Gasteiger partial charge is 0.387 e. The lowest BCUT2D eigenvalue weighted by atomic mass is 9.78. The number of alkyl halides is 2. The van der Waals surface area contributed by atoms with E-state index in [0.29, 0.717) is 0 Å². The van der Waals surface area contributed by atoms with Crippen molar-refractivity contribution in [2.75, 3.05) is 0 Å². The summed E-state index contributed by atoms with van der Waals surface area (Å²) in [6, 6.07) is 15.5. The number of hydrogen-bond acceptors (Lipinski definition) is 1. The Hall–Kier alpha value is -1.90. The van der Waals surface area contributed by atoms with E-state index in [4.69, 9.17) is 0 Å². The molecule has 0 aromatic heterocycles. The normalized spacial score (nSPS) is 19.4. The summed E-state index contributed by atoms with van der Waals surface area (Å²) in [5.41, 5.74) is 3.50. The van der Waals surface area contributed by atoms with Crippen LogP contribution in [0.4, 0.5) is 8.78 Å². The Morgan fingerprint density at radius 2 is 1.34 bits per heavy atom. The summed E-state index contributed by atoms with van der Waals surface area (Å²) in [5, 5.41) is 0. The molecule has 0 aliphatic heterocycles. The molecule has 0 unspecified atom stereocenters. The van der Waals surface area contributed by atoms with Crippen molar-refractivity contribution in [1.82, 2.24) is 0 Å². The molecule has 1 saturated carbocycles. The Morgan fingerprint density at radius 1 is 0.793 bits per heavy atom. The van der Waals surface area contributed by atoms with Crippen LogP contribution in [-0.2, 0) is 6.42 Å². The van der Waals surface area contributed by atoms with Crippen LogP contribution in [0.5, 0.6) is 5.75 Å². The molecule has 2 aromatic rings. The van der Waals surface area contributed by atoms with E-state index in [-0.39, 0.29) is 5.75 Å². The van der Waals surface area contributed by atoms with Gasteiger partial charge in [-0.25, -0.2) is 0 Å². The van der Waals surface area contributed by atoms with E-state index >= 15 is 0 Å². The van der Waals surface area contributed by atoms with Crippen molar-refractivity contribution in [3.8, 4) is 16.9 Å². The molecule has 0 atom stereocenters. The second kappa shape index (κ2) is 11.3. The van der Waals surface area contributed by atoms with E-state index < -0.39 is 6.61 Å². The molecule has 0 heterocycles. The number of halogens is 2. The number of aryl methyl sites for hydroxylation is 1. The van der Waals surface area contributed by atoms with Crippen LogP contribution in [0.3, 0.4) is 0 Å². The van der Waals surface area contributed by atoms with Crippen LogP contribution < -0.4 is 4.74 Å². The minimum absolute atomic E-state index is 0.195. The fraction of sp³-hybridized carbons (Fsp3) is 0.538. The third-order valence-corrected chi connectivity index (χ3v) is 6.39. The van der Waals surface area contributed by atoms with Gasteiger partial charge < -0.3 is 4.74 Å². The predicted molar refractivity (Wildman–Crippen MR) is 116 cm³/mol. The summed E-state index contributed by atoms with van der Waals surface area (Å²) in [5.74, 6) is 2.06. The van der Waals surface area contributed by atoms with Gasteiger partial charge in [-0.05, 0) is 53.5 Å². The Kier molecular flexibility index (Phi) is 8.52. The fourth-order valence-corrected chi connectivity index (χ4v) is 4.56. The topological polar surface area (TPSA) is 9.23 Å². The molecule has 1 fully saturated rings. The minimum atomic E-state index is -2.78. The Morgan fingerprint density at radius 3 is 1.90 bits per heavy atom. The molecule has 2 aromatic carbocycles. The molecule has 0 spiro atoms. The minimum Gasteiger partial charge on any atom is -0.435 e. The van der Waals surface area contributed by atoms with Gasteiger partial charge in [0.2, 0.25) is 0 Å². The van der Waals surface area contributed by atoms with E-state index in [9.17, 15) is 8.78 Å². The molecule has 1 aliphatic carbocycles. The van der Waals surface area contributed by atoms with Gasteiger partial charge in [0.05, 0.1) is 0 Å². The second-order valence-corrected chi connectivity index (χ2v) is 8.52. The number of rotatable bonds is 10. The van der Waals surface area contributed by atoms with Crippen LogP contribution in [0.25, 0.3) is 11.1 Å². The lowest BCUT2D eigenvalue weighted by Crippen LogP contribution is -2.15. The monoisotopic (exact) mass is 400 g/mol. The molecule has 0 radical (unpaired) electrons. The van der Waals surface area contributed by atoms with E-state index in [1.165, 1.54) is 63.4 Å². The summed E-state index contributed by atoms with van der Waals surface area (Å²) < 4.78 is 28.9. The van der Waals surface area contributed by atoms with Crippen LogP contribution >= 0.6 is 0 Å². The highest BCUT2D eigenvalue weighted by Crippen LogP contribution is 2.34. The van der Waals surface area contributed by atoms with Crippen molar-refractivity contribution in [1.29, 1.82) is 0 Å². The van der Waals surface area contributed by atoms with E-state index in [1.54, 1.807) is 12.1 Å². The van der Waals surface area contributed by atoms with Gasteiger partial charge in [-0.1, -0.05) is 94.7 Å². The van der Waals surface area contributed by atoms with Gasteiger partial charge in [0.15, 0.2) is 0 Å². The van der Waals surface area contributed by atoms with Crippen LogP contribution in [0.1, 0.15) is 70.3 Å². The number of benzene rings is 2. The highest BCUT2D eigenvalue weighted by Gasteiger charge is 2.20. The molecule has 0 N–H and O–H groups in total.